The number of pyridine rings is 1. The van der Waals surface area contributed by atoms with Crippen LogP contribution in [-0.4, -0.2) is 52.7 Å². The van der Waals surface area contributed by atoms with Gasteiger partial charge in [0.1, 0.15) is 12.5 Å². The van der Waals surface area contributed by atoms with Gasteiger partial charge in [-0.2, -0.15) is 4.39 Å². The largest absolute Gasteiger partial charge is 0.369 e. The fourth-order valence-corrected chi connectivity index (χ4v) is 3.56. The van der Waals surface area contributed by atoms with E-state index in [1.165, 1.54) is 36.4 Å². The number of guanidine groups is 1. The third kappa shape index (κ3) is 4.57. The van der Waals surface area contributed by atoms with Gasteiger partial charge in [0.15, 0.2) is 17.3 Å². The summed E-state index contributed by atoms with van der Waals surface area (Å²) in [6.07, 6.45) is 3.68. The molecule has 2 heterocycles. The van der Waals surface area contributed by atoms with Crippen LogP contribution in [0.2, 0.25) is 0 Å². The Morgan fingerprint density at radius 2 is 2.06 bits per heavy atom. The molecular weight excluding hydrogens is 447 g/mol. The van der Waals surface area contributed by atoms with E-state index in [1.807, 2.05) is 0 Å². The average molecular weight is 471 g/mol. The molecule has 0 radical (unpaired) electrons. The number of allylic oxidation sites excluding steroid dienone is 1. The summed E-state index contributed by atoms with van der Waals surface area (Å²) in [5.41, 5.74) is 4.76. The van der Waals surface area contributed by atoms with Crippen molar-refractivity contribution in [1.82, 2.24) is 14.8 Å². The normalized spacial score (nSPS) is 17.9. The number of Topliss-reactive ketones (excluding diaryl/α,β-unsaturated/α-hetero) is 1. The van der Waals surface area contributed by atoms with Gasteiger partial charge in [-0.25, -0.2) is 18.8 Å². The number of hydrogen-bond donors (Lipinski definition) is 1. The molecule has 2 aromatic rings. The first-order valence-corrected chi connectivity index (χ1v) is 10.4. The highest BCUT2D eigenvalue weighted by molar-refractivity contribution is 6.08. The second-order valence-electron chi connectivity index (χ2n) is 7.59. The molecule has 0 fully saturated rings. The van der Waals surface area contributed by atoms with Crippen LogP contribution in [0.1, 0.15) is 18.9 Å². The molecule has 0 saturated heterocycles. The number of hydrogen-bond acceptors (Lipinski definition) is 6. The number of amides is 1. The van der Waals surface area contributed by atoms with E-state index < -0.39 is 29.9 Å². The zero-order chi connectivity index (χ0) is 25.0. The third-order valence-corrected chi connectivity index (χ3v) is 5.50. The van der Waals surface area contributed by atoms with Gasteiger partial charge in [0, 0.05) is 25.2 Å². The van der Waals surface area contributed by atoms with Crippen LogP contribution in [0, 0.1) is 11.8 Å². The molecule has 178 valence electrons. The summed E-state index contributed by atoms with van der Waals surface area (Å²) in [7, 11) is 1.44. The van der Waals surface area contributed by atoms with Gasteiger partial charge in [0.05, 0.1) is 18.4 Å². The molecule has 2 N–H and O–H groups in total. The monoisotopic (exact) mass is 471 g/mol. The summed E-state index contributed by atoms with van der Waals surface area (Å²) < 4.78 is 41.2. The van der Waals surface area contributed by atoms with Gasteiger partial charge >= 0.3 is 0 Å². The van der Waals surface area contributed by atoms with Crippen molar-refractivity contribution in [3.8, 4) is 11.1 Å². The zero-order valence-electron chi connectivity index (χ0n) is 18.8. The number of ketones is 1. The molecule has 34 heavy (non-hydrogen) atoms. The number of rotatable bonds is 9. The predicted octanol–water partition coefficient (Wildman–Crippen LogP) is 3.29. The molecule has 0 saturated carbocycles. The lowest BCUT2D eigenvalue weighted by Crippen LogP contribution is -2.39. The maximum Gasteiger partial charge on any atom is 0.265 e. The van der Waals surface area contributed by atoms with Crippen LogP contribution in [-0.2, 0) is 15.1 Å². The number of aliphatic imine (C=N–C) groups is 1. The van der Waals surface area contributed by atoms with Crippen molar-refractivity contribution in [3.63, 3.8) is 0 Å². The van der Waals surface area contributed by atoms with Crippen molar-refractivity contribution >= 4 is 17.6 Å². The van der Waals surface area contributed by atoms with Crippen LogP contribution >= 0.6 is 0 Å². The Kier molecular flexibility index (Phi) is 7.19. The molecule has 1 atom stereocenters. The Morgan fingerprint density at radius 3 is 2.68 bits per heavy atom. The van der Waals surface area contributed by atoms with Crippen LogP contribution in [0.3, 0.4) is 0 Å². The lowest BCUT2D eigenvalue weighted by molar-refractivity contribution is -0.129. The topological polar surface area (TPSA) is 91.9 Å². The molecule has 7 nitrogen and oxygen atoms in total. The second-order valence-corrected chi connectivity index (χ2v) is 7.59. The fourth-order valence-electron chi connectivity index (χ4n) is 3.56. The Bertz CT molecular complexity index is 1200. The SMILES string of the molecule is C=C(C(=O)CC)N(/C=C/[C@@]1(c2cccc(-c3cc(F)cnc3F)c2)N=C(N)N(C)C1=O)CCF. The van der Waals surface area contributed by atoms with Crippen molar-refractivity contribution in [2.24, 2.45) is 10.7 Å². The van der Waals surface area contributed by atoms with Gasteiger partial charge in [-0.15, -0.1) is 0 Å². The van der Waals surface area contributed by atoms with Crippen LogP contribution in [0.5, 0.6) is 0 Å². The first-order valence-electron chi connectivity index (χ1n) is 10.4. The number of halogens is 3. The number of aromatic nitrogens is 1. The highest BCUT2D eigenvalue weighted by Gasteiger charge is 2.46. The number of nitrogens with two attached hydrogens (primary N) is 1. The Labute approximate surface area is 195 Å². The number of carbonyl (C=O) groups is 2. The van der Waals surface area contributed by atoms with E-state index in [9.17, 15) is 22.8 Å². The molecule has 1 aromatic heterocycles. The molecule has 10 heteroatoms. The van der Waals surface area contributed by atoms with E-state index >= 15 is 0 Å². The lowest BCUT2D eigenvalue weighted by atomic mass is 9.87. The van der Waals surface area contributed by atoms with E-state index in [1.54, 1.807) is 19.1 Å². The first-order chi connectivity index (χ1) is 16.1. The highest BCUT2D eigenvalue weighted by atomic mass is 19.1. The summed E-state index contributed by atoms with van der Waals surface area (Å²) in [6, 6.07) is 7.14. The Hall–Kier alpha value is -3.95. The van der Waals surface area contributed by atoms with Gasteiger partial charge in [-0.05, 0) is 29.3 Å². The van der Waals surface area contributed by atoms with Gasteiger partial charge in [0.2, 0.25) is 5.95 Å². The number of benzene rings is 1. The number of carbonyl (C=O) groups excluding carboxylic acids is 2. The maximum atomic E-state index is 14.3. The van der Waals surface area contributed by atoms with Crippen molar-refractivity contribution in [1.29, 1.82) is 0 Å². The van der Waals surface area contributed by atoms with E-state index in [-0.39, 0.29) is 41.5 Å². The number of likely N-dealkylation sites (N-methyl/N-ethyl adjacent to an activating group) is 1. The minimum Gasteiger partial charge on any atom is -0.369 e. The van der Waals surface area contributed by atoms with Gasteiger partial charge in [0.25, 0.3) is 5.91 Å². The quantitative estimate of drug-likeness (QED) is 0.448. The van der Waals surface area contributed by atoms with Crippen molar-refractivity contribution in [3.05, 3.63) is 78.4 Å². The Morgan fingerprint density at radius 1 is 1.32 bits per heavy atom. The number of nitrogens with zero attached hydrogens (tertiary/aromatic N) is 4. The second kappa shape index (κ2) is 9.90. The smallest absolute Gasteiger partial charge is 0.265 e. The summed E-state index contributed by atoms with van der Waals surface area (Å²) in [5, 5.41) is 0. The first kappa shape index (κ1) is 24.7. The van der Waals surface area contributed by atoms with E-state index in [0.29, 0.717) is 5.56 Å². The molecule has 1 aliphatic heterocycles. The van der Waals surface area contributed by atoms with Crippen molar-refractivity contribution in [2.45, 2.75) is 18.9 Å². The summed E-state index contributed by atoms with van der Waals surface area (Å²) >= 11 is 0. The minimum absolute atomic E-state index is 0.0592. The van der Waals surface area contributed by atoms with Crippen LogP contribution in [0.4, 0.5) is 13.2 Å². The van der Waals surface area contributed by atoms with Gasteiger partial charge in [-0.1, -0.05) is 31.7 Å². The van der Waals surface area contributed by atoms with Crippen molar-refractivity contribution in [2.75, 3.05) is 20.3 Å². The molecule has 1 amide bonds. The molecule has 0 bridgehead atoms. The minimum atomic E-state index is -1.68. The average Bonchev–Trinajstić information content (AvgIpc) is 3.06. The van der Waals surface area contributed by atoms with E-state index in [0.717, 1.165) is 17.2 Å². The molecule has 0 unspecified atom stereocenters. The maximum absolute atomic E-state index is 14.3. The molecule has 0 aliphatic carbocycles. The third-order valence-electron chi connectivity index (χ3n) is 5.50. The molecular formula is C24H24F3N5O2. The summed E-state index contributed by atoms with van der Waals surface area (Å²) in [4.78, 5) is 35.6. The van der Waals surface area contributed by atoms with Gasteiger partial charge in [-0.3, -0.25) is 14.5 Å². The standard InChI is InChI=1S/C24H24F3N5O2/c1-4-20(33)15(2)32(11-9-25)10-8-24(22(34)31(3)23(28)30-24)17-7-5-6-16(12-17)19-13-18(26)14-29-21(19)27/h5-8,10,12-14H,2,4,9,11H2,1,3H3,(H2,28,30)/b10-8+/t24-/m0/s1. The van der Waals surface area contributed by atoms with Crippen LogP contribution in [0.25, 0.3) is 11.1 Å². The highest BCUT2D eigenvalue weighted by Crippen LogP contribution is 2.36. The van der Waals surface area contributed by atoms with E-state index in [4.69, 9.17) is 5.73 Å². The molecule has 1 aliphatic rings. The predicted molar refractivity (Wildman–Crippen MR) is 122 cm³/mol. The molecule has 0 spiro atoms. The summed E-state index contributed by atoms with van der Waals surface area (Å²) in [6.45, 7) is 4.44. The summed E-state index contributed by atoms with van der Waals surface area (Å²) in [5.74, 6) is -2.50. The van der Waals surface area contributed by atoms with Crippen LogP contribution in [0.15, 0.2) is 66.1 Å². The fraction of sp³-hybridized carbons (Fsp3) is 0.250. The van der Waals surface area contributed by atoms with Gasteiger partial charge < -0.3 is 10.6 Å². The van der Waals surface area contributed by atoms with Crippen LogP contribution < -0.4 is 5.73 Å². The lowest BCUT2D eigenvalue weighted by Gasteiger charge is -2.25. The van der Waals surface area contributed by atoms with Crippen molar-refractivity contribution < 1.29 is 22.8 Å². The molecule has 3 rings (SSSR count). The zero-order valence-corrected chi connectivity index (χ0v) is 18.8. The van der Waals surface area contributed by atoms with E-state index in [2.05, 4.69) is 16.6 Å². The number of alkyl halides is 1. The Balaban J connectivity index is 2.14. The molecule has 1 aromatic carbocycles.